The smallest absolute Gasteiger partial charge is 0.309 e. The number of imidazole rings is 1. The minimum Gasteiger partial charge on any atom is -0.466 e. The highest BCUT2D eigenvalue weighted by Gasteiger charge is 2.61. The van der Waals surface area contributed by atoms with E-state index in [1.807, 2.05) is 17.5 Å². The Bertz CT molecular complexity index is 751. The van der Waals surface area contributed by atoms with Crippen LogP contribution in [-0.4, -0.2) is 26.9 Å². The lowest BCUT2D eigenvalue weighted by atomic mass is 9.99. The number of carbonyl (C=O) groups is 1. The fourth-order valence-electron chi connectivity index (χ4n) is 3.91. The number of carbonyl (C=O) groups excluding carboxylic acids is 1. The van der Waals surface area contributed by atoms with Gasteiger partial charge in [-0.15, -0.1) is 0 Å². The van der Waals surface area contributed by atoms with Crippen LogP contribution in [0.3, 0.4) is 0 Å². The number of halogens is 2. The number of hydrogen-bond acceptors (Lipinski definition) is 4. The van der Waals surface area contributed by atoms with Crippen molar-refractivity contribution >= 4 is 39.0 Å². The van der Waals surface area contributed by atoms with Gasteiger partial charge in [0.2, 0.25) is 0 Å². The van der Waals surface area contributed by atoms with E-state index in [0.29, 0.717) is 29.5 Å². The molecule has 7 heteroatoms. The van der Waals surface area contributed by atoms with Crippen LogP contribution in [0, 0.1) is 17.8 Å². The Morgan fingerprint density at radius 1 is 1.50 bits per heavy atom. The van der Waals surface area contributed by atoms with Crippen molar-refractivity contribution in [3.05, 3.63) is 28.0 Å². The SMILES string of the molecule is CCOC(=O)C1C2CC(c3nc(Br)c4c(Cl)nccn34)CC21. The lowest BCUT2D eigenvalue weighted by molar-refractivity contribution is -0.145. The summed E-state index contributed by atoms with van der Waals surface area (Å²) in [5.41, 5.74) is 0.807. The van der Waals surface area contributed by atoms with Gasteiger partial charge in [-0.3, -0.25) is 9.20 Å². The van der Waals surface area contributed by atoms with E-state index in [9.17, 15) is 4.79 Å². The summed E-state index contributed by atoms with van der Waals surface area (Å²) < 4.78 is 7.87. The molecule has 2 heterocycles. The first-order valence-corrected chi connectivity index (χ1v) is 8.63. The van der Waals surface area contributed by atoms with Gasteiger partial charge in [0.1, 0.15) is 15.9 Å². The molecule has 5 nitrogen and oxygen atoms in total. The molecule has 4 rings (SSSR count). The highest BCUT2D eigenvalue weighted by molar-refractivity contribution is 9.10. The third-order valence-electron chi connectivity index (χ3n) is 4.86. The van der Waals surface area contributed by atoms with Crippen molar-refractivity contribution < 1.29 is 9.53 Å². The molecule has 2 aromatic heterocycles. The normalized spacial score (nSPS) is 29.6. The van der Waals surface area contributed by atoms with Gasteiger partial charge >= 0.3 is 5.97 Å². The monoisotopic (exact) mass is 383 g/mol. The van der Waals surface area contributed by atoms with E-state index in [0.717, 1.165) is 28.8 Å². The molecule has 0 amide bonds. The topological polar surface area (TPSA) is 56.5 Å². The fraction of sp³-hybridized carbons (Fsp3) is 0.533. The second-order valence-corrected chi connectivity index (χ2v) is 7.08. The Morgan fingerprint density at radius 3 is 2.91 bits per heavy atom. The van der Waals surface area contributed by atoms with Gasteiger partial charge in [0, 0.05) is 18.3 Å². The zero-order valence-electron chi connectivity index (χ0n) is 12.0. The minimum absolute atomic E-state index is 0.0302. The van der Waals surface area contributed by atoms with E-state index < -0.39 is 0 Å². The van der Waals surface area contributed by atoms with Crippen LogP contribution in [0.15, 0.2) is 17.0 Å². The number of esters is 1. The van der Waals surface area contributed by atoms with Crippen LogP contribution in [0.5, 0.6) is 0 Å². The lowest BCUT2D eigenvalue weighted by Crippen LogP contribution is -2.13. The molecular formula is C15H15BrClN3O2. The second-order valence-electron chi connectivity index (χ2n) is 5.97. The summed E-state index contributed by atoms with van der Waals surface area (Å²) >= 11 is 9.62. The van der Waals surface area contributed by atoms with Gasteiger partial charge in [-0.2, -0.15) is 0 Å². The van der Waals surface area contributed by atoms with E-state index in [1.54, 1.807) is 6.20 Å². The van der Waals surface area contributed by atoms with Crippen molar-refractivity contribution in [2.24, 2.45) is 17.8 Å². The summed E-state index contributed by atoms with van der Waals surface area (Å²) in [7, 11) is 0. The van der Waals surface area contributed by atoms with Crippen LogP contribution >= 0.6 is 27.5 Å². The maximum absolute atomic E-state index is 11.8. The van der Waals surface area contributed by atoms with Gasteiger partial charge in [-0.1, -0.05) is 11.6 Å². The Morgan fingerprint density at radius 2 is 2.23 bits per heavy atom. The highest BCUT2D eigenvalue weighted by Crippen LogP contribution is 2.62. The molecule has 2 aliphatic rings. The number of rotatable bonds is 3. The molecule has 2 fully saturated rings. The quantitative estimate of drug-likeness (QED) is 0.761. The molecule has 0 aromatic carbocycles. The zero-order valence-corrected chi connectivity index (χ0v) is 14.3. The van der Waals surface area contributed by atoms with Gasteiger partial charge in [0.15, 0.2) is 5.15 Å². The van der Waals surface area contributed by atoms with Crippen molar-refractivity contribution in [2.45, 2.75) is 25.7 Å². The van der Waals surface area contributed by atoms with E-state index in [-0.39, 0.29) is 11.9 Å². The Balaban J connectivity index is 1.57. The summed E-state index contributed by atoms with van der Waals surface area (Å²) in [4.78, 5) is 20.6. The van der Waals surface area contributed by atoms with Crippen LogP contribution < -0.4 is 0 Å². The molecule has 0 bridgehead atoms. The number of aromatic nitrogens is 3. The molecule has 2 unspecified atom stereocenters. The number of hydrogen-bond donors (Lipinski definition) is 0. The van der Waals surface area contributed by atoms with E-state index in [2.05, 4.69) is 25.9 Å². The van der Waals surface area contributed by atoms with Gasteiger partial charge < -0.3 is 4.74 Å². The Kier molecular flexibility index (Phi) is 3.42. The second kappa shape index (κ2) is 5.20. The average molecular weight is 385 g/mol. The van der Waals surface area contributed by atoms with Gasteiger partial charge in [0.25, 0.3) is 0 Å². The highest BCUT2D eigenvalue weighted by atomic mass is 79.9. The van der Waals surface area contributed by atoms with Crippen LogP contribution in [0.1, 0.15) is 31.5 Å². The minimum atomic E-state index is -0.0302. The number of ether oxygens (including phenoxy) is 1. The first kappa shape index (κ1) is 14.5. The third kappa shape index (κ3) is 2.07. The molecule has 2 saturated carbocycles. The number of fused-ring (bicyclic) bond motifs is 2. The third-order valence-corrected chi connectivity index (χ3v) is 5.69. The zero-order chi connectivity index (χ0) is 15.4. The molecule has 116 valence electrons. The summed E-state index contributed by atoms with van der Waals surface area (Å²) in [6.07, 6.45) is 5.55. The first-order valence-electron chi connectivity index (χ1n) is 7.46. The van der Waals surface area contributed by atoms with E-state index in [4.69, 9.17) is 16.3 Å². The Labute approximate surface area is 141 Å². The van der Waals surface area contributed by atoms with Crippen LogP contribution in [0.25, 0.3) is 5.52 Å². The number of nitrogens with zero attached hydrogens (tertiary/aromatic N) is 3. The molecule has 0 saturated heterocycles. The van der Waals surface area contributed by atoms with Crippen molar-refractivity contribution in [3.8, 4) is 0 Å². The molecule has 2 aliphatic carbocycles. The fourth-order valence-corrected chi connectivity index (χ4v) is 4.82. The molecule has 2 aromatic rings. The predicted octanol–water partition coefficient (Wildman–Crippen LogP) is 3.45. The molecule has 22 heavy (non-hydrogen) atoms. The Hall–Kier alpha value is -1.14. The maximum atomic E-state index is 11.8. The van der Waals surface area contributed by atoms with Crippen LogP contribution in [0.4, 0.5) is 0 Å². The average Bonchev–Trinajstić information content (AvgIpc) is 2.83. The van der Waals surface area contributed by atoms with Gasteiger partial charge in [-0.05, 0) is 47.5 Å². The first-order chi connectivity index (χ1) is 10.6. The summed E-state index contributed by atoms with van der Waals surface area (Å²) in [6.45, 7) is 2.31. The summed E-state index contributed by atoms with van der Waals surface area (Å²) in [6, 6.07) is 0. The van der Waals surface area contributed by atoms with Crippen molar-refractivity contribution in [2.75, 3.05) is 6.61 Å². The molecular weight excluding hydrogens is 370 g/mol. The van der Waals surface area contributed by atoms with Crippen molar-refractivity contribution in [1.29, 1.82) is 0 Å². The largest absolute Gasteiger partial charge is 0.466 e. The van der Waals surface area contributed by atoms with Crippen LogP contribution in [0.2, 0.25) is 5.15 Å². The molecule has 0 aliphatic heterocycles. The van der Waals surface area contributed by atoms with Crippen molar-refractivity contribution in [1.82, 2.24) is 14.4 Å². The van der Waals surface area contributed by atoms with Gasteiger partial charge in [0.05, 0.1) is 12.5 Å². The molecule has 0 radical (unpaired) electrons. The van der Waals surface area contributed by atoms with E-state index >= 15 is 0 Å². The van der Waals surface area contributed by atoms with Crippen molar-refractivity contribution in [3.63, 3.8) is 0 Å². The predicted molar refractivity (Wildman–Crippen MR) is 84.8 cm³/mol. The summed E-state index contributed by atoms with van der Waals surface area (Å²) in [5.74, 6) is 2.34. The molecule has 0 N–H and O–H groups in total. The standard InChI is InChI=1S/C15H15BrClN3O2/c1-2-22-15(21)10-8-5-7(6-9(8)10)14-19-12(16)11-13(17)18-3-4-20(11)14/h3-4,7-10H,2,5-6H2,1H3. The molecule has 2 atom stereocenters. The lowest BCUT2D eigenvalue weighted by Gasteiger charge is -2.13. The summed E-state index contributed by atoms with van der Waals surface area (Å²) in [5, 5.41) is 0.445. The van der Waals surface area contributed by atoms with E-state index in [1.165, 1.54) is 0 Å². The van der Waals surface area contributed by atoms with Gasteiger partial charge in [-0.25, -0.2) is 9.97 Å². The maximum Gasteiger partial charge on any atom is 0.309 e. The molecule has 0 spiro atoms. The van der Waals surface area contributed by atoms with Crippen LogP contribution in [-0.2, 0) is 9.53 Å².